The van der Waals surface area contributed by atoms with Crippen LogP contribution in [-0.2, 0) is 20.9 Å². The van der Waals surface area contributed by atoms with Crippen molar-refractivity contribution in [2.24, 2.45) is 23.7 Å². The molecule has 2 bridgehead atoms. The quantitative estimate of drug-likeness (QED) is 0.407. The number of hydrogen-bond donors (Lipinski definition) is 0. The normalized spacial score (nSPS) is 25.8. The number of carbonyl (C=O) groups is 3. The molecule has 2 amide bonds. The minimum atomic E-state index is -0.343. The summed E-state index contributed by atoms with van der Waals surface area (Å²) in [6.45, 7) is 2.45. The lowest BCUT2D eigenvalue weighted by Gasteiger charge is -2.17. The van der Waals surface area contributed by atoms with Crippen molar-refractivity contribution < 1.29 is 23.9 Å². The fourth-order valence-electron chi connectivity index (χ4n) is 4.97. The van der Waals surface area contributed by atoms with Gasteiger partial charge >= 0.3 is 5.97 Å². The minimum Gasteiger partial charge on any atom is -0.489 e. The number of carbonyl (C=O) groups excluding carboxylic acids is 3. The highest BCUT2D eigenvalue weighted by molar-refractivity contribution is 6.22. The molecule has 2 aromatic carbocycles. The Bertz CT molecular complexity index is 1030. The number of esters is 1. The van der Waals surface area contributed by atoms with Crippen LogP contribution in [0.4, 0.5) is 5.69 Å². The molecule has 0 aromatic heterocycles. The lowest BCUT2D eigenvalue weighted by atomic mass is 9.85. The predicted octanol–water partition coefficient (Wildman–Crippen LogP) is 3.75. The van der Waals surface area contributed by atoms with Gasteiger partial charge in [0.05, 0.1) is 29.7 Å². The summed E-state index contributed by atoms with van der Waals surface area (Å²) in [5, 5.41) is 0. The SMILES string of the molecule is CCOC(=O)c1ccc(COc2ccc(N3C(=O)[C@@H]4[C@@H](C3=O)[C@H]3C=C[C@@H]4C3)cc2)cc1. The van der Waals surface area contributed by atoms with E-state index in [4.69, 9.17) is 9.47 Å². The Labute approximate surface area is 180 Å². The Hall–Kier alpha value is -3.41. The number of ether oxygens (including phenoxy) is 2. The van der Waals surface area contributed by atoms with Gasteiger partial charge in [-0.15, -0.1) is 0 Å². The van der Waals surface area contributed by atoms with E-state index in [0.717, 1.165) is 12.0 Å². The number of nitrogens with zero attached hydrogens (tertiary/aromatic N) is 1. The molecule has 158 valence electrons. The van der Waals surface area contributed by atoms with E-state index in [2.05, 4.69) is 12.2 Å². The van der Waals surface area contributed by atoms with E-state index in [1.807, 2.05) is 12.1 Å². The molecule has 31 heavy (non-hydrogen) atoms. The Morgan fingerprint density at radius 2 is 1.55 bits per heavy atom. The summed E-state index contributed by atoms with van der Waals surface area (Å²) in [6.07, 6.45) is 5.11. The van der Waals surface area contributed by atoms with Crippen molar-refractivity contribution in [2.75, 3.05) is 11.5 Å². The first kappa shape index (κ1) is 19.5. The molecular formula is C25H23NO5. The average molecular weight is 417 g/mol. The van der Waals surface area contributed by atoms with Gasteiger partial charge < -0.3 is 9.47 Å². The number of amides is 2. The summed E-state index contributed by atoms with van der Waals surface area (Å²) in [6, 6.07) is 14.1. The second kappa shape index (κ2) is 7.69. The number of imide groups is 1. The Kier molecular flexibility index (Phi) is 4.85. The van der Waals surface area contributed by atoms with Crippen LogP contribution in [0.3, 0.4) is 0 Å². The first-order chi connectivity index (χ1) is 15.1. The van der Waals surface area contributed by atoms with Gasteiger partial charge in [0.25, 0.3) is 0 Å². The van der Waals surface area contributed by atoms with E-state index in [9.17, 15) is 14.4 Å². The fourth-order valence-corrected chi connectivity index (χ4v) is 4.97. The van der Waals surface area contributed by atoms with Gasteiger partial charge in [-0.25, -0.2) is 4.79 Å². The highest BCUT2D eigenvalue weighted by Gasteiger charge is 2.59. The Morgan fingerprint density at radius 3 is 2.13 bits per heavy atom. The summed E-state index contributed by atoms with van der Waals surface area (Å²) in [5.74, 6) is 0.142. The van der Waals surface area contributed by atoms with E-state index >= 15 is 0 Å². The molecule has 4 atom stereocenters. The van der Waals surface area contributed by atoms with Crippen molar-refractivity contribution in [3.8, 4) is 5.75 Å². The zero-order valence-electron chi connectivity index (χ0n) is 17.2. The summed E-state index contributed by atoms with van der Waals surface area (Å²) in [4.78, 5) is 38.9. The molecule has 2 fully saturated rings. The van der Waals surface area contributed by atoms with Crippen LogP contribution in [0, 0.1) is 23.7 Å². The summed E-state index contributed by atoms with van der Waals surface area (Å²) in [7, 11) is 0. The number of hydrogen-bond acceptors (Lipinski definition) is 5. The molecule has 6 nitrogen and oxygen atoms in total. The molecule has 6 heteroatoms. The molecule has 2 aromatic rings. The molecule has 0 unspecified atom stereocenters. The lowest BCUT2D eigenvalue weighted by Crippen LogP contribution is -2.32. The number of fused-ring (bicyclic) bond motifs is 5. The predicted molar refractivity (Wildman–Crippen MR) is 113 cm³/mol. The van der Waals surface area contributed by atoms with Crippen LogP contribution in [-0.4, -0.2) is 24.4 Å². The van der Waals surface area contributed by atoms with Crippen LogP contribution >= 0.6 is 0 Å². The largest absolute Gasteiger partial charge is 0.489 e. The molecule has 1 aliphatic heterocycles. The maximum absolute atomic E-state index is 12.9. The highest BCUT2D eigenvalue weighted by Crippen LogP contribution is 2.53. The number of benzene rings is 2. The topological polar surface area (TPSA) is 72.9 Å². The van der Waals surface area contributed by atoms with E-state index in [1.165, 1.54) is 4.90 Å². The van der Waals surface area contributed by atoms with Crippen molar-refractivity contribution in [1.82, 2.24) is 0 Å². The van der Waals surface area contributed by atoms with Gasteiger partial charge in [-0.1, -0.05) is 24.3 Å². The standard InChI is InChI=1S/C25H23NO5/c1-2-30-25(29)16-5-3-15(4-6-16)14-31-20-11-9-19(10-12-20)26-23(27)21-17-7-8-18(13-17)22(21)24(26)28/h3-12,17-18,21-22H,2,13-14H2,1H3/t17-,18+,21-,22-/m0/s1. The third-order valence-corrected chi connectivity index (χ3v) is 6.44. The number of allylic oxidation sites excluding steroid dienone is 2. The van der Waals surface area contributed by atoms with Gasteiger partial charge in [0.2, 0.25) is 11.8 Å². The monoisotopic (exact) mass is 417 g/mol. The molecule has 3 aliphatic rings. The maximum Gasteiger partial charge on any atom is 0.338 e. The van der Waals surface area contributed by atoms with Crippen LogP contribution in [0.2, 0.25) is 0 Å². The fraction of sp³-hybridized carbons (Fsp3) is 0.320. The summed E-state index contributed by atoms with van der Waals surface area (Å²) in [5.41, 5.74) is 2.01. The van der Waals surface area contributed by atoms with Gasteiger partial charge in [0.1, 0.15) is 12.4 Å². The first-order valence-corrected chi connectivity index (χ1v) is 10.6. The van der Waals surface area contributed by atoms with Crippen LogP contribution in [0.15, 0.2) is 60.7 Å². The summed E-state index contributed by atoms with van der Waals surface area (Å²) < 4.78 is 10.8. The zero-order valence-corrected chi connectivity index (χ0v) is 17.2. The smallest absolute Gasteiger partial charge is 0.338 e. The van der Waals surface area contributed by atoms with Crippen LogP contribution in [0.25, 0.3) is 0 Å². The third kappa shape index (κ3) is 3.32. The molecular weight excluding hydrogens is 394 g/mol. The van der Waals surface area contributed by atoms with Crippen molar-refractivity contribution >= 4 is 23.5 Å². The second-order valence-electron chi connectivity index (χ2n) is 8.21. The molecule has 1 saturated heterocycles. The molecule has 5 rings (SSSR count). The average Bonchev–Trinajstić information content (AvgIpc) is 3.47. The minimum absolute atomic E-state index is 0.0813. The van der Waals surface area contributed by atoms with Gasteiger partial charge in [-0.3, -0.25) is 14.5 Å². The first-order valence-electron chi connectivity index (χ1n) is 10.6. The van der Waals surface area contributed by atoms with Gasteiger partial charge in [-0.2, -0.15) is 0 Å². The van der Waals surface area contributed by atoms with E-state index < -0.39 is 0 Å². The Balaban J connectivity index is 1.23. The molecule has 2 aliphatic carbocycles. The lowest BCUT2D eigenvalue weighted by molar-refractivity contribution is -0.123. The molecule has 0 spiro atoms. The Morgan fingerprint density at radius 1 is 0.935 bits per heavy atom. The van der Waals surface area contributed by atoms with Crippen LogP contribution in [0.1, 0.15) is 29.3 Å². The number of anilines is 1. The molecule has 0 N–H and O–H groups in total. The third-order valence-electron chi connectivity index (χ3n) is 6.44. The second-order valence-corrected chi connectivity index (χ2v) is 8.21. The van der Waals surface area contributed by atoms with Crippen molar-refractivity contribution in [1.29, 1.82) is 0 Å². The van der Waals surface area contributed by atoms with E-state index in [1.54, 1.807) is 43.3 Å². The highest BCUT2D eigenvalue weighted by atomic mass is 16.5. The van der Waals surface area contributed by atoms with Crippen molar-refractivity contribution in [3.05, 3.63) is 71.8 Å². The molecule has 0 radical (unpaired) electrons. The van der Waals surface area contributed by atoms with Crippen molar-refractivity contribution in [2.45, 2.75) is 20.0 Å². The molecule has 1 saturated carbocycles. The number of rotatable bonds is 6. The van der Waals surface area contributed by atoms with E-state index in [-0.39, 0.29) is 41.5 Å². The van der Waals surface area contributed by atoms with E-state index in [0.29, 0.717) is 30.2 Å². The zero-order chi connectivity index (χ0) is 21.5. The maximum atomic E-state index is 12.9. The summed E-state index contributed by atoms with van der Waals surface area (Å²) >= 11 is 0. The van der Waals surface area contributed by atoms with Crippen molar-refractivity contribution in [3.63, 3.8) is 0 Å². The molecule has 1 heterocycles. The van der Waals surface area contributed by atoms with Crippen LogP contribution < -0.4 is 9.64 Å². The van der Waals surface area contributed by atoms with Gasteiger partial charge in [-0.05, 0) is 67.1 Å². The van der Waals surface area contributed by atoms with Gasteiger partial charge in [0.15, 0.2) is 0 Å². The van der Waals surface area contributed by atoms with Crippen LogP contribution in [0.5, 0.6) is 5.75 Å². The van der Waals surface area contributed by atoms with Gasteiger partial charge in [0, 0.05) is 0 Å².